The van der Waals surface area contributed by atoms with Gasteiger partial charge in [-0.05, 0) is 30.5 Å². The fourth-order valence-corrected chi connectivity index (χ4v) is 3.13. The second kappa shape index (κ2) is 7.51. The summed E-state index contributed by atoms with van der Waals surface area (Å²) in [5.41, 5.74) is 0.265. The number of hydrogen-bond acceptors (Lipinski definition) is 4. The van der Waals surface area contributed by atoms with Crippen molar-refractivity contribution >= 4 is 23.5 Å². The smallest absolute Gasteiger partial charge is 0.292 e. The van der Waals surface area contributed by atoms with Crippen LogP contribution in [0.15, 0.2) is 36.7 Å². The van der Waals surface area contributed by atoms with Gasteiger partial charge < -0.3 is 0 Å². The van der Waals surface area contributed by atoms with Crippen molar-refractivity contribution in [2.45, 2.75) is 38.0 Å². The number of halogens is 4. The summed E-state index contributed by atoms with van der Waals surface area (Å²) < 4.78 is 41.5. The Balaban J connectivity index is 1.42. The average Bonchev–Trinajstić information content (AvgIpc) is 3.25. The molecule has 7 nitrogen and oxygen atoms in total. The number of hydrogen-bond donors (Lipinski definition) is 1. The van der Waals surface area contributed by atoms with E-state index >= 15 is 0 Å². The first-order valence-corrected chi connectivity index (χ1v) is 9.25. The van der Waals surface area contributed by atoms with E-state index in [1.807, 2.05) is 18.2 Å². The molecule has 152 valence electrons. The second-order valence-electron chi connectivity index (χ2n) is 6.79. The molecule has 0 spiro atoms. The molecule has 2 aromatic heterocycles. The molecule has 4 rings (SSSR count). The monoisotopic (exact) mass is 424 g/mol. The van der Waals surface area contributed by atoms with Gasteiger partial charge in [0, 0.05) is 16.6 Å². The van der Waals surface area contributed by atoms with Crippen LogP contribution < -0.4 is 5.32 Å². The molecule has 0 aliphatic heterocycles. The lowest BCUT2D eigenvalue weighted by Gasteiger charge is -2.06. The Kier molecular flexibility index (Phi) is 5.03. The normalized spacial score (nSPS) is 14.2. The molecule has 1 N–H and O–H groups in total. The molecule has 1 saturated carbocycles. The number of benzene rings is 1. The molecule has 3 aromatic rings. The van der Waals surface area contributed by atoms with E-state index in [0.717, 1.165) is 29.2 Å². The van der Waals surface area contributed by atoms with Crippen molar-refractivity contribution in [2.75, 3.05) is 5.32 Å². The van der Waals surface area contributed by atoms with Gasteiger partial charge >= 0.3 is 6.18 Å². The Morgan fingerprint density at radius 1 is 1.24 bits per heavy atom. The number of carbonyl (C=O) groups excluding carboxylic acids is 1. The van der Waals surface area contributed by atoms with Gasteiger partial charge in [-0.1, -0.05) is 29.8 Å². The second-order valence-corrected chi connectivity index (χ2v) is 7.20. The molecule has 1 aliphatic carbocycles. The lowest BCUT2D eigenvalue weighted by Crippen LogP contribution is -2.22. The molecule has 29 heavy (non-hydrogen) atoms. The number of carbonyl (C=O) groups is 1. The molecular weight excluding hydrogens is 409 g/mol. The minimum Gasteiger partial charge on any atom is -0.292 e. The zero-order valence-corrected chi connectivity index (χ0v) is 15.8. The maximum atomic E-state index is 13.0. The van der Waals surface area contributed by atoms with Gasteiger partial charge in [-0.3, -0.25) is 14.8 Å². The van der Waals surface area contributed by atoms with E-state index in [0.29, 0.717) is 17.3 Å². The first-order valence-electron chi connectivity index (χ1n) is 8.87. The van der Waals surface area contributed by atoms with Crippen LogP contribution in [0.25, 0.3) is 0 Å². The fraction of sp³-hybridized carbons (Fsp3) is 0.333. The Hall–Kier alpha value is -2.88. The SMILES string of the molecule is O=C(Cn1nc(C(F)(F)F)cc1C1CC1)Nc1ncn(Cc2ccccc2Cl)n1. The number of rotatable bonds is 6. The van der Waals surface area contributed by atoms with Gasteiger partial charge in [0.15, 0.2) is 5.69 Å². The van der Waals surface area contributed by atoms with E-state index < -0.39 is 17.8 Å². The van der Waals surface area contributed by atoms with E-state index in [1.54, 1.807) is 6.07 Å². The number of nitrogens with zero attached hydrogens (tertiary/aromatic N) is 5. The summed E-state index contributed by atoms with van der Waals surface area (Å²) in [5, 5.41) is 10.8. The number of nitrogens with one attached hydrogen (secondary N) is 1. The number of aromatic nitrogens is 5. The van der Waals surface area contributed by atoms with Crippen LogP contribution in [0.2, 0.25) is 5.02 Å². The molecule has 1 amide bonds. The first-order chi connectivity index (χ1) is 13.8. The summed E-state index contributed by atoms with van der Waals surface area (Å²) in [6.45, 7) is 0.0173. The van der Waals surface area contributed by atoms with E-state index in [9.17, 15) is 18.0 Å². The molecule has 0 bridgehead atoms. The third kappa shape index (κ3) is 4.58. The highest BCUT2D eigenvalue weighted by Gasteiger charge is 2.38. The Morgan fingerprint density at radius 3 is 2.69 bits per heavy atom. The molecule has 0 saturated heterocycles. The van der Waals surface area contributed by atoms with Crippen LogP contribution >= 0.6 is 11.6 Å². The van der Waals surface area contributed by atoms with Crippen molar-refractivity contribution in [2.24, 2.45) is 0 Å². The Bertz CT molecular complexity index is 1040. The van der Waals surface area contributed by atoms with Crippen molar-refractivity contribution < 1.29 is 18.0 Å². The van der Waals surface area contributed by atoms with E-state index in [4.69, 9.17) is 11.6 Å². The van der Waals surface area contributed by atoms with Crippen molar-refractivity contribution in [1.29, 1.82) is 0 Å². The predicted molar refractivity (Wildman–Crippen MR) is 98.4 cm³/mol. The minimum absolute atomic E-state index is 0.0133. The highest BCUT2D eigenvalue weighted by atomic mass is 35.5. The molecular formula is C18H16ClF3N6O. The largest absolute Gasteiger partial charge is 0.435 e. The number of anilines is 1. The van der Waals surface area contributed by atoms with Crippen molar-refractivity contribution in [3.8, 4) is 0 Å². The first kappa shape index (κ1) is 19.4. The zero-order valence-electron chi connectivity index (χ0n) is 15.0. The van der Waals surface area contributed by atoms with Gasteiger partial charge in [0.25, 0.3) is 0 Å². The van der Waals surface area contributed by atoms with E-state index in [2.05, 4.69) is 20.5 Å². The summed E-state index contributed by atoms with van der Waals surface area (Å²) in [6.07, 6.45) is -1.54. The Morgan fingerprint density at radius 2 is 2.00 bits per heavy atom. The van der Waals surface area contributed by atoms with Crippen LogP contribution in [0.3, 0.4) is 0 Å². The lowest BCUT2D eigenvalue weighted by atomic mass is 10.2. The molecule has 0 unspecified atom stereocenters. The Labute approximate surface area is 168 Å². The lowest BCUT2D eigenvalue weighted by molar-refractivity contribution is -0.141. The van der Waals surface area contributed by atoms with Crippen LogP contribution in [-0.4, -0.2) is 30.5 Å². The van der Waals surface area contributed by atoms with Crippen molar-refractivity contribution in [1.82, 2.24) is 24.5 Å². The molecule has 2 heterocycles. The van der Waals surface area contributed by atoms with Gasteiger partial charge in [0.2, 0.25) is 11.9 Å². The summed E-state index contributed by atoms with van der Waals surface area (Å²) in [4.78, 5) is 16.3. The van der Waals surface area contributed by atoms with Crippen LogP contribution in [0.1, 0.15) is 35.7 Å². The number of amides is 1. The quantitative estimate of drug-likeness (QED) is 0.654. The summed E-state index contributed by atoms with van der Waals surface area (Å²) in [6, 6.07) is 8.28. The third-order valence-electron chi connectivity index (χ3n) is 4.47. The standard InChI is InChI=1S/C18H16ClF3N6O/c19-13-4-2-1-3-12(13)8-27-10-23-17(26-27)24-16(29)9-28-14(11-5-6-11)7-15(25-28)18(20,21)22/h1-4,7,10-11H,5-6,8-9H2,(H,24,26,29). The summed E-state index contributed by atoms with van der Waals surface area (Å²) in [5.74, 6) is -0.489. The summed E-state index contributed by atoms with van der Waals surface area (Å²) in [7, 11) is 0. The molecule has 11 heteroatoms. The van der Waals surface area contributed by atoms with Crippen LogP contribution in [0.4, 0.5) is 19.1 Å². The molecule has 0 atom stereocenters. The molecule has 1 aliphatic rings. The highest BCUT2D eigenvalue weighted by Crippen LogP contribution is 2.42. The maximum Gasteiger partial charge on any atom is 0.435 e. The van der Waals surface area contributed by atoms with Crippen LogP contribution in [-0.2, 0) is 24.1 Å². The molecule has 1 aromatic carbocycles. The maximum absolute atomic E-state index is 13.0. The van der Waals surface area contributed by atoms with E-state index in [-0.39, 0.29) is 18.4 Å². The average molecular weight is 425 g/mol. The van der Waals surface area contributed by atoms with Crippen LogP contribution in [0.5, 0.6) is 0 Å². The van der Waals surface area contributed by atoms with E-state index in [1.165, 1.54) is 11.0 Å². The topological polar surface area (TPSA) is 77.6 Å². The van der Waals surface area contributed by atoms with Gasteiger partial charge in [0.05, 0.1) is 6.54 Å². The van der Waals surface area contributed by atoms with Gasteiger partial charge in [-0.25, -0.2) is 9.67 Å². The van der Waals surface area contributed by atoms with Gasteiger partial charge in [0.1, 0.15) is 12.9 Å². The summed E-state index contributed by atoms with van der Waals surface area (Å²) >= 11 is 6.11. The predicted octanol–water partition coefficient (Wildman–Crippen LogP) is 3.71. The minimum atomic E-state index is -4.55. The third-order valence-corrected chi connectivity index (χ3v) is 4.84. The van der Waals surface area contributed by atoms with Crippen LogP contribution in [0, 0.1) is 0 Å². The molecule has 0 radical (unpaired) electrons. The van der Waals surface area contributed by atoms with Gasteiger partial charge in [-0.15, -0.1) is 5.10 Å². The molecule has 1 fully saturated rings. The van der Waals surface area contributed by atoms with Crippen molar-refractivity contribution in [3.63, 3.8) is 0 Å². The zero-order chi connectivity index (χ0) is 20.6. The fourth-order valence-electron chi connectivity index (χ4n) is 2.93. The van der Waals surface area contributed by atoms with Gasteiger partial charge in [-0.2, -0.15) is 18.3 Å². The number of alkyl halides is 3. The highest BCUT2D eigenvalue weighted by molar-refractivity contribution is 6.31. The van der Waals surface area contributed by atoms with Crippen molar-refractivity contribution in [3.05, 3.63) is 58.6 Å².